The van der Waals surface area contributed by atoms with Gasteiger partial charge in [0.15, 0.2) is 0 Å². The number of rotatable bonds is 4. The minimum Gasteiger partial charge on any atom is -0.379 e. The number of carbonyl (C=O) groups is 1. The van der Waals surface area contributed by atoms with Crippen molar-refractivity contribution in [1.82, 2.24) is 15.2 Å². The van der Waals surface area contributed by atoms with E-state index < -0.39 is 0 Å². The fraction of sp³-hybridized carbons (Fsp3) is 0.600. The summed E-state index contributed by atoms with van der Waals surface area (Å²) in [6.45, 7) is 5.75. The molecule has 1 N–H and O–H groups in total. The van der Waals surface area contributed by atoms with Gasteiger partial charge in [-0.1, -0.05) is 0 Å². The molecule has 114 valence electrons. The van der Waals surface area contributed by atoms with E-state index in [0.29, 0.717) is 12.2 Å². The monoisotopic (exact) mass is 290 g/mol. The molecule has 0 spiro atoms. The highest BCUT2D eigenvalue weighted by Gasteiger charge is 2.21. The van der Waals surface area contributed by atoms with Crippen LogP contribution in [0.3, 0.4) is 0 Å². The number of hydrogen-bond donors (Lipinski definition) is 1. The molecule has 1 amide bonds. The normalized spacial score (nSPS) is 19.7. The van der Waals surface area contributed by atoms with Crippen molar-refractivity contribution in [3.05, 3.63) is 23.9 Å². The second-order valence-corrected chi connectivity index (χ2v) is 5.46. The van der Waals surface area contributed by atoms with Gasteiger partial charge in [0.2, 0.25) is 0 Å². The van der Waals surface area contributed by atoms with E-state index >= 15 is 0 Å². The summed E-state index contributed by atoms with van der Waals surface area (Å²) in [6.07, 6.45) is 4.10. The van der Waals surface area contributed by atoms with Crippen LogP contribution in [0.2, 0.25) is 0 Å². The number of pyridine rings is 1. The molecular formula is C15H22N4O2. The van der Waals surface area contributed by atoms with E-state index in [-0.39, 0.29) is 5.91 Å². The number of ether oxygens (including phenoxy) is 1. The molecule has 21 heavy (non-hydrogen) atoms. The summed E-state index contributed by atoms with van der Waals surface area (Å²) in [6, 6.07) is 3.68. The predicted molar refractivity (Wildman–Crippen MR) is 80.4 cm³/mol. The van der Waals surface area contributed by atoms with E-state index in [4.69, 9.17) is 4.74 Å². The second-order valence-electron chi connectivity index (χ2n) is 5.46. The quantitative estimate of drug-likeness (QED) is 0.884. The average Bonchev–Trinajstić information content (AvgIpc) is 3.08. The first-order valence-electron chi connectivity index (χ1n) is 7.63. The highest BCUT2D eigenvalue weighted by molar-refractivity contribution is 5.98. The van der Waals surface area contributed by atoms with Gasteiger partial charge in [-0.3, -0.25) is 9.69 Å². The summed E-state index contributed by atoms with van der Waals surface area (Å²) < 4.78 is 5.31. The Labute approximate surface area is 125 Å². The third-order valence-corrected chi connectivity index (χ3v) is 4.00. The van der Waals surface area contributed by atoms with E-state index in [1.807, 2.05) is 12.1 Å². The van der Waals surface area contributed by atoms with E-state index in [1.54, 1.807) is 6.20 Å². The molecular weight excluding hydrogens is 268 g/mol. The molecule has 0 saturated carbocycles. The maximum atomic E-state index is 12.4. The first kappa shape index (κ1) is 14.3. The van der Waals surface area contributed by atoms with Crippen LogP contribution >= 0.6 is 0 Å². The summed E-state index contributed by atoms with van der Waals surface area (Å²) in [5, 5.41) is 3.00. The van der Waals surface area contributed by atoms with Crippen molar-refractivity contribution in [2.75, 3.05) is 51.0 Å². The number of anilines is 1. The minimum atomic E-state index is -0.0449. The largest absolute Gasteiger partial charge is 0.379 e. The first-order chi connectivity index (χ1) is 10.3. The van der Waals surface area contributed by atoms with Crippen molar-refractivity contribution in [3.8, 4) is 0 Å². The second kappa shape index (κ2) is 6.87. The van der Waals surface area contributed by atoms with Crippen LogP contribution in [0.4, 0.5) is 5.82 Å². The molecule has 2 aliphatic heterocycles. The zero-order valence-corrected chi connectivity index (χ0v) is 12.3. The predicted octanol–water partition coefficient (Wildman–Crippen LogP) is 0.701. The highest BCUT2D eigenvalue weighted by Crippen LogP contribution is 2.21. The Morgan fingerprint density at radius 2 is 2.00 bits per heavy atom. The van der Waals surface area contributed by atoms with Gasteiger partial charge < -0.3 is 15.0 Å². The van der Waals surface area contributed by atoms with Crippen molar-refractivity contribution < 1.29 is 9.53 Å². The van der Waals surface area contributed by atoms with Gasteiger partial charge in [0.25, 0.3) is 5.91 Å². The fourth-order valence-electron chi connectivity index (χ4n) is 2.79. The van der Waals surface area contributed by atoms with Crippen LogP contribution in [-0.2, 0) is 4.74 Å². The van der Waals surface area contributed by atoms with Crippen LogP contribution in [0.5, 0.6) is 0 Å². The number of aromatic nitrogens is 1. The Hall–Kier alpha value is -1.66. The van der Waals surface area contributed by atoms with Crippen molar-refractivity contribution in [1.29, 1.82) is 0 Å². The third kappa shape index (κ3) is 3.51. The first-order valence-corrected chi connectivity index (χ1v) is 7.63. The number of hydrogen-bond acceptors (Lipinski definition) is 5. The van der Waals surface area contributed by atoms with Crippen molar-refractivity contribution in [3.63, 3.8) is 0 Å². The van der Waals surface area contributed by atoms with E-state index in [9.17, 15) is 4.79 Å². The molecule has 0 atom stereocenters. The number of morpholine rings is 1. The Balaban J connectivity index is 1.63. The standard InChI is InChI=1S/C15H22N4O2/c20-15(17-12-18-8-10-21-11-9-18)13-4-3-5-16-14(13)19-6-1-2-7-19/h3-5H,1-2,6-12H2,(H,17,20). The maximum Gasteiger partial charge on any atom is 0.256 e. The number of nitrogens with zero attached hydrogens (tertiary/aromatic N) is 3. The van der Waals surface area contributed by atoms with Gasteiger partial charge in [-0.15, -0.1) is 0 Å². The lowest BCUT2D eigenvalue weighted by Gasteiger charge is -2.27. The summed E-state index contributed by atoms with van der Waals surface area (Å²) in [7, 11) is 0. The maximum absolute atomic E-state index is 12.4. The molecule has 0 bridgehead atoms. The molecule has 0 unspecified atom stereocenters. The third-order valence-electron chi connectivity index (χ3n) is 4.00. The highest BCUT2D eigenvalue weighted by atomic mass is 16.5. The topological polar surface area (TPSA) is 57.7 Å². The van der Waals surface area contributed by atoms with Crippen LogP contribution < -0.4 is 10.2 Å². The average molecular weight is 290 g/mol. The smallest absolute Gasteiger partial charge is 0.256 e. The molecule has 1 aromatic heterocycles. The lowest BCUT2D eigenvalue weighted by Crippen LogP contribution is -2.44. The molecule has 6 nitrogen and oxygen atoms in total. The molecule has 3 heterocycles. The lowest BCUT2D eigenvalue weighted by atomic mass is 10.2. The van der Waals surface area contributed by atoms with Gasteiger partial charge >= 0.3 is 0 Å². The molecule has 3 rings (SSSR count). The van der Waals surface area contributed by atoms with Crippen LogP contribution in [0.15, 0.2) is 18.3 Å². The van der Waals surface area contributed by atoms with Crippen LogP contribution in [0.25, 0.3) is 0 Å². The fourth-order valence-corrected chi connectivity index (χ4v) is 2.79. The summed E-state index contributed by atoms with van der Waals surface area (Å²) in [5.74, 6) is 0.769. The summed E-state index contributed by atoms with van der Waals surface area (Å²) in [4.78, 5) is 21.2. The van der Waals surface area contributed by atoms with Gasteiger partial charge in [-0.2, -0.15) is 0 Å². The minimum absolute atomic E-state index is 0.0449. The Morgan fingerprint density at radius 3 is 2.76 bits per heavy atom. The molecule has 2 saturated heterocycles. The van der Waals surface area contributed by atoms with Crippen molar-refractivity contribution >= 4 is 11.7 Å². The van der Waals surface area contributed by atoms with Crippen molar-refractivity contribution in [2.24, 2.45) is 0 Å². The number of nitrogens with one attached hydrogen (secondary N) is 1. The Bertz CT molecular complexity index is 482. The van der Waals surface area contributed by atoms with Crippen molar-refractivity contribution in [2.45, 2.75) is 12.8 Å². The van der Waals surface area contributed by atoms with E-state index in [2.05, 4.69) is 20.1 Å². The number of amides is 1. The zero-order chi connectivity index (χ0) is 14.5. The zero-order valence-electron chi connectivity index (χ0n) is 12.3. The van der Waals surface area contributed by atoms with Crippen LogP contribution in [0, 0.1) is 0 Å². The van der Waals surface area contributed by atoms with Crippen LogP contribution in [0.1, 0.15) is 23.2 Å². The van der Waals surface area contributed by atoms with Gasteiger partial charge in [0.05, 0.1) is 25.4 Å². The molecule has 1 aromatic rings. The SMILES string of the molecule is O=C(NCN1CCOCC1)c1cccnc1N1CCCC1. The van der Waals surface area contributed by atoms with Crippen LogP contribution in [-0.4, -0.2) is 61.9 Å². The Kier molecular flexibility index (Phi) is 4.67. The molecule has 0 aromatic carbocycles. The number of carbonyl (C=O) groups excluding carboxylic acids is 1. The summed E-state index contributed by atoms with van der Waals surface area (Å²) >= 11 is 0. The molecule has 6 heteroatoms. The van der Waals surface area contributed by atoms with Gasteiger partial charge in [0.1, 0.15) is 5.82 Å². The van der Waals surface area contributed by atoms with E-state index in [0.717, 1.165) is 45.2 Å². The molecule has 0 radical (unpaired) electrons. The van der Waals surface area contributed by atoms with E-state index in [1.165, 1.54) is 12.8 Å². The summed E-state index contributed by atoms with van der Waals surface area (Å²) in [5.41, 5.74) is 0.674. The van der Waals surface area contributed by atoms with Gasteiger partial charge in [0, 0.05) is 32.4 Å². The van der Waals surface area contributed by atoms with Gasteiger partial charge in [-0.25, -0.2) is 4.98 Å². The molecule has 0 aliphatic carbocycles. The Morgan fingerprint density at radius 1 is 1.24 bits per heavy atom. The molecule has 2 fully saturated rings. The lowest BCUT2D eigenvalue weighted by molar-refractivity contribution is 0.0334. The van der Waals surface area contributed by atoms with Gasteiger partial charge in [-0.05, 0) is 25.0 Å². The molecule has 2 aliphatic rings.